The Labute approximate surface area is 178 Å². The van der Waals surface area contributed by atoms with Gasteiger partial charge in [0.1, 0.15) is 0 Å². The Balaban J connectivity index is 0.00000280. The number of nitrogens with two attached hydrogens (primary N) is 2. The molecule has 0 spiro atoms. The number of halogens is 3. The van der Waals surface area contributed by atoms with Crippen molar-refractivity contribution in [2.45, 2.75) is 6.04 Å². The molecule has 0 aromatic heterocycles. The molecule has 4 N–H and O–H groups in total. The third-order valence-corrected chi connectivity index (χ3v) is 4.97. The molecule has 0 radical (unpaired) electrons. The monoisotopic (exact) mass is 434 g/mol. The lowest BCUT2D eigenvalue weighted by Gasteiger charge is -2.12. The van der Waals surface area contributed by atoms with Gasteiger partial charge in [0.15, 0.2) is 5.78 Å². The second kappa shape index (κ2) is 9.22. The summed E-state index contributed by atoms with van der Waals surface area (Å²) in [5.74, 6) is -0.720. The van der Waals surface area contributed by atoms with Crippen molar-refractivity contribution in [3.05, 3.63) is 93.5 Å². The van der Waals surface area contributed by atoms with Gasteiger partial charge in [-0.15, -0.1) is 12.4 Å². The lowest BCUT2D eigenvalue weighted by Crippen LogP contribution is -2.21. The van der Waals surface area contributed by atoms with E-state index >= 15 is 0 Å². The van der Waals surface area contributed by atoms with E-state index in [1.807, 2.05) is 6.07 Å². The van der Waals surface area contributed by atoms with E-state index in [1.165, 1.54) is 0 Å². The van der Waals surface area contributed by atoms with Gasteiger partial charge >= 0.3 is 0 Å². The molecule has 4 nitrogen and oxygen atoms in total. The largest absolute Gasteiger partial charge is 0.366 e. The van der Waals surface area contributed by atoms with Gasteiger partial charge in [-0.25, -0.2) is 0 Å². The van der Waals surface area contributed by atoms with Crippen LogP contribution < -0.4 is 11.5 Å². The van der Waals surface area contributed by atoms with Crippen LogP contribution in [0.25, 0.3) is 11.1 Å². The summed E-state index contributed by atoms with van der Waals surface area (Å²) in [5, 5.41) is 0.754. The average molecular weight is 436 g/mol. The summed E-state index contributed by atoms with van der Waals surface area (Å²) in [4.78, 5) is 24.0. The second-order valence-electron chi connectivity index (χ2n) is 6.04. The minimum atomic E-state index is -0.844. The third kappa shape index (κ3) is 4.72. The SMILES string of the molecule is Cl.NC(=O)c1cccc(-c2ccc(C(=O)C(N)c3ccc(Cl)c(Cl)c3)cc2)c1. The van der Waals surface area contributed by atoms with E-state index in [0.717, 1.165) is 11.1 Å². The maximum Gasteiger partial charge on any atom is 0.248 e. The summed E-state index contributed by atoms with van der Waals surface area (Å²) in [5.41, 5.74) is 14.6. The van der Waals surface area contributed by atoms with E-state index in [-0.39, 0.29) is 18.2 Å². The Morgan fingerprint density at radius 1 is 0.786 bits per heavy atom. The van der Waals surface area contributed by atoms with Gasteiger partial charge in [0, 0.05) is 11.1 Å². The van der Waals surface area contributed by atoms with E-state index in [1.54, 1.807) is 60.7 Å². The molecule has 1 atom stereocenters. The molecule has 0 aliphatic heterocycles. The Kier molecular flexibility index (Phi) is 7.22. The van der Waals surface area contributed by atoms with Gasteiger partial charge in [0.05, 0.1) is 16.1 Å². The molecule has 7 heteroatoms. The second-order valence-corrected chi connectivity index (χ2v) is 6.85. The first-order valence-corrected chi connectivity index (χ1v) is 8.87. The standard InChI is InChI=1S/C21H16Cl2N2O2.ClH/c22-17-9-8-15(11-18(17)23)19(24)20(26)13-6-4-12(5-7-13)14-2-1-3-16(10-14)21(25)27;/h1-11,19H,24H2,(H2,25,27);1H. The summed E-state index contributed by atoms with van der Waals surface area (Å²) >= 11 is 11.9. The maximum atomic E-state index is 12.7. The fraction of sp³-hybridized carbons (Fsp3) is 0.0476. The van der Waals surface area contributed by atoms with Gasteiger partial charge in [-0.2, -0.15) is 0 Å². The highest BCUT2D eigenvalue weighted by Gasteiger charge is 2.18. The highest BCUT2D eigenvalue weighted by atomic mass is 35.5. The van der Waals surface area contributed by atoms with Crippen LogP contribution in [-0.2, 0) is 0 Å². The first-order valence-electron chi connectivity index (χ1n) is 8.12. The summed E-state index contributed by atoms with van der Waals surface area (Å²) in [6, 6.07) is 18.0. The highest BCUT2D eigenvalue weighted by molar-refractivity contribution is 6.42. The van der Waals surface area contributed by atoms with Crippen LogP contribution in [0.5, 0.6) is 0 Å². The lowest BCUT2D eigenvalue weighted by atomic mass is 9.96. The van der Waals surface area contributed by atoms with Gasteiger partial charge in [0.2, 0.25) is 5.91 Å². The Morgan fingerprint density at radius 3 is 2.07 bits per heavy atom. The predicted octanol–water partition coefficient (Wildman–Crippen LogP) is 5.06. The molecule has 0 aliphatic rings. The third-order valence-electron chi connectivity index (χ3n) is 4.24. The molecule has 3 aromatic rings. The Morgan fingerprint density at radius 2 is 1.46 bits per heavy atom. The molecule has 144 valence electrons. The van der Waals surface area contributed by atoms with Crippen molar-refractivity contribution < 1.29 is 9.59 Å². The van der Waals surface area contributed by atoms with Crippen LogP contribution in [0.4, 0.5) is 0 Å². The van der Waals surface area contributed by atoms with E-state index in [9.17, 15) is 9.59 Å². The number of carbonyl (C=O) groups is 2. The minimum absolute atomic E-state index is 0. The quantitative estimate of drug-likeness (QED) is 0.549. The van der Waals surface area contributed by atoms with E-state index in [2.05, 4.69) is 0 Å². The van der Waals surface area contributed by atoms with Crippen molar-refractivity contribution in [3.63, 3.8) is 0 Å². The van der Waals surface area contributed by atoms with Crippen LogP contribution in [-0.4, -0.2) is 11.7 Å². The highest BCUT2D eigenvalue weighted by Crippen LogP contribution is 2.27. The molecule has 0 saturated heterocycles. The topological polar surface area (TPSA) is 86.2 Å². The van der Waals surface area contributed by atoms with Crippen LogP contribution in [0.3, 0.4) is 0 Å². The van der Waals surface area contributed by atoms with Gasteiger partial charge in [-0.3, -0.25) is 9.59 Å². The van der Waals surface area contributed by atoms with Crippen LogP contribution in [0.2, 0.25) is 10.0 Å². The summed E-state index contributed by atoms with van der Waals surface area (Å²) in [6.07, 6.45) is 0. The summed E-state index contributed by atoms with van der Waals surface area (Å²) < 4.78 is 0. The Bertz CT molecular complexity index is 1020. The molecule has 28 heavy (non-hydrogen) atoms. The fourth-order valence-corrected chi connectivity index (χ4v) is 3.02. The molecule has 3 rings (SSSR count). The molecule has 0 bridgehead atoms. The number of ketones is 1. The zero-order valence-corrected chi connectivity index (χ0v) is 16.9. The zero-order chi connectivity index (χ0) is 19.6. The molecular formula is C21H17Cl3N2O2. The number of primary amides is 1. The van der Waals surface area contributed by atoms with Crippen molar-refractivity contribution in [2.24, 2.45) is 11.5 Å². The molecule has 0 fully saturated rings. The van der Waals surface area contributed by atoms with E-state index in [0.29, 0.717) is 26.7 Å². The van der Waals surface area contributed by atoms with Crippen molar-refractivity contribution in [1.82, 2.24) is 0 Å². The van der Waals surface area contributed by atoms with Gasteiger partial charge < -0.3 is 11.5 Å². The lowest BCUT2D eigenvalue weighted by molar-refractivity contribution is 0.0960. The molecule has 1 amide bonds. The van der Waals surface area contributed by atoms with E-state index in [4.69, 9.17) is 34.7 Å². The van der Waals surface area contributed by atoms with Crippen LogP contribution >= 0.6 is 35.6 Å². The smallest absolute Gasteiger partial charge is 0.248 e. The Hall–Kier alpha value is -2.37. The van der Waals surface area contributed by atoms with E-state index < -0.39 is 11.9 Å². The van der Waals surface area contributed by atoms with Gasteiger partial charge in [0.25, 0.3) is 0 Å². The van der Waals surface area contributed by atoms with Crippen molar-refractivity contribution >= 4 is 47.3 Å². The number of amides is 1. The fourth-order valence-electron chi connectivity index (χ4n) is 2.72. The molecule has 0 aliphatic carbocycles. The number of rotatable bonds is 5. The van der Waals surface area contributed by atoms with Crippen molar-refractivity contribution in [3.8, 4) is 11.1 Å². The minimum Gasteiger partial charge on any atom is -0.366 e. The predicted molar refractivity (Wildman–Crippen MR) is 115 cm³/mol. The summed E-state index contributed by atoms with van der Waals surface area (Å²) in [7, 11) is 0. The first kappa shape index (κ1) is 21.9. The number of hydrogen-bond donors (Lipinski definition) is 2. The molecule has 0 saturated carbocycles. The van der Waals surface area contributed by atoms with Crippen LogP contribution in [0, 0.1) is 0 Å². The number of benzene rings is 3. The maximum absolute atomic E-state index is 12.7. The van der Waals surface area contributed by atoms with Crippen molar-refractivity contribution in [2.75, 3.05) is 0 Å². The first-order chi connectivity index (χ1) is 12.9. The van der Waals surface area contributed by atoms with Crippen LogP contribution in [0.1, 0.15) is 32.3 Å². The van der Waals surface area contributed by atoms with Gasteiger partial charge in [-0.05, 0) is 41.0 Å². The normalized spacial score (nSPS) is 11.4. The number of hydrogen-bond acceptors (Lipinski definition) is 3. The summed E-state index contributed by atoms with van der Waals surface area (Å²) in [6.45, 7) is 0. The zero-order valence-electron chi connectivity index (χ0n) is 14.6. The number of Topliss-reactive ketones (excluding diaryl/α,β-unsaturated/α-hetero) is 1. The molecule has 0 heterocycles. The number of carbonyl (C=O) groups excluding carboxylic acids is 2. The van der Waals surface area contributed by atoms with Crippen LogP contribution in [0.15, 0.2) is 66.7 Å². The molecular weight excluding hydrogens is 419 g/mol. The van der Waals surface area contributed by atoms with Crippen molar-refractivity contribution in [1.29, 1.82) is 0 Å². The van der Waals surface area contributed by atoms with Gasteiger partial charge in [-0.1, -0.05) is 65.7 Å². The molecule has 1 unspecified atom stereocenters. The molecule has 3 aromatic carbocycles. The average Bonchev–Trinajstić information content (AvgIpc) is 2.69.